The molecule has 4 rings (SSSR count). The van der Waals surface area contributed by atoms with E-state index in [1.165, 1.54) is 21.6 Å². The summed E-state index contributed by atoms with van der Waals surface area (Å²) >= 11 is 1.63. The average Bonchev–Trinajstić information content (AvgIpc) is 3.20. The van der Waals surface area contributed by atoms with Crippen LogP contribution in [0.4, 0.5) is 0 Å². The maximum absolute atomic E-state index is 12.4. The number of aryl methyl sites for hydroxylation is 1. The normalized spacial score (nSPS) is 13.1. The van der Waals surface area contributed by atoms with Crippen LogP contribution < -0.4 is 17.7 Å². The number of hydrogen-bond acceptors (Lipinski definition) is 3. The third-order valence-corrected chi connectivity index (χ3v) is 5.87. The lowest BCUT2D eigenvalue weighted by molar-refractivity contribution is -0.0000135. The van der Waals surface area contributed by atoms with Crippen molar-refractivity contribution in [3.05, 3.63) is 92.7 Å². The van der Waals surface area contributed by atoms with Crippen LogP contribution in [0.5, 0.6) is 0 Å². The van der Waals surface area contributed by atoms with Crippen LogP contribution in [-0.2, 0) is 26.2 Å². The molecule has 1 aromatic heterocycles. The molecule has 1 aliphatic heterocycles. The lowest BCUT2D eigenvalue weighted by Gasteiger charge is -2.14. The maximum Gasteiger partial charge on any atom is 0.261 e. The lowest BCUT2D eigenvalue weighted by atomic mass is 10.1. The quantitative estimate of drug-likeness (QED) is 0.707. The standard InChI is InChI=1S/C22H22N2OS.ClH/c1-16-7-9-17(10-8-16)12-23-22(25)20-11-19-14-24(15-21(19)26-20)13-18-5-3-2-4-6-18;/h2-11H,12-15H2,1H3,(H,23,25);1H/p-1. The molecule has 1 amide bonds. The van der Waals surface area contributed by atoms with Gasteiger partial charge in [0, 0.05) is 31.1 Å². The summed E-state index contributed by atoms with van der Waals surface area (Å²) in [6.45, 7) is 5.45. The van der Waals surface area contributed by atoms with Crippen LogP contribution in [0.3, 0.4) is 0 Å². The van der Waals surface area contributed by atoms with Crippen LogP contribution in [0.1, 0.15) is 36.8 Å². The van der Waals surface area contributed by atoms with Crippen LogP contribution in [0.25, 0.3) is 0 Å². The molecule has 0 saturated carbocycles. The largest absolute Gasteiger partial charge is 1.00 e. The van der Waals surface area contributed by atoms with Crippen LogP contribution in [0.15, 0.2) is 60.7 Å². The van der Waals surface area contributed by atoms with Gasteiger partial charge in [0.05, 0.1) is 4.88 Å². The molecule has 27 heavy (non-hydrogen) atoms. The van der Waals surface area contributed by atoms with Crippen LogP contribution in [0, 0.1) is 6.92 Å². The third kappa shape index (κ3) is 4.78. The van der Waals surface area contributed by atoms with Gasteiger partial charge in [-0.1, -0.05) is 60.2 Å². The highest BCUT2D eigenvalue weighted by molar-refractivity contribution is 7.14. The highest BCUT2D eigenvalue weighted by atomic mass is 35.5. The fraction of sp³-hybridized carbons (Fsp3) is 0.227. The van der Waals surface area contributed by atoms with E-state index in [4.69, 9.17) is 0 Å². The first-order valence-electron chi connectivity index (χ1n) is 8.89. The Labute approximate surface area is 170 Å². The number of amides is 1. The maximum atomic E-state index is 12.4. The number of nitrogens with zero attached hydrogens (tertiary/aromatic N) is 1. The SMILES string of the molecule is Cc1ccc(CNC(=O)c2cc3c(s2)CN(Cc2ccccc2)C3)cc1.[Cl-]. The average molecular weight is 398 g/mol. The topological polar surface area (TPSA) is 32.3 Å². The molecule has 1 N–H and O–H groups in total. The van der Waals surface area contributed by atoms with E-state index < -0.39 is 0 Å². The molecule has 0 atom stereocenters. The Hall–Kier alpha value is -2.14. The van der Waals surface area contributed by atoms with E-state index in [0.29, 0.717) is 6.54 Å². The Bertz CT molecular complexity index is 882. The number of halogens is 1. The van der Waals surface area contributed by atoms with Gasteiger partial charge in [-0.2, -0.15) is 0 Å². The summed E-state index contributed by atoms with van der Waals surface area (Å²) in [5.74, 6) is 0.0274. The van der Waals surface area contributed by atoms with Crippen molar-refractivity contribution in [1.29, 1.82) is 0 Å². The summed E-state index contributed by atoms with van der Waals surface area (Å²) in [6.07, 6.45) is 0. The summed E-state index contributed by atoms with van der Waals surface area (Å²) in [5, 5.41) is 3.03. The van der Waals surface area contributed by atoms with Crippen molar-refractivity contribution in [3.8, 4) is 0 Å². The Morgan fingerprint density at radius 2 is 1.78 bits per heavy atom. The molecule has 0 unspecified atom stereocenters. The lowest BCUT2D eigenvalue weighted by Crippen LogP contribution is -3.00. The van der Waals surface area contributed by atoms with E-state index in [2.05, 4.69) is 71.7 Å². The van der Waals surface area contributed by atoms with Gasteiger partial charge in [0.2, 0.25) is 0 Å². The number of rotatable bonds is 5. The van der Waals surface area contributed by atoms with Crippen molar-refractivity contribution in [2.75, 3.05) is 0 Å². The molecule has 0 fully saturated rings. The summed E-state index contributed by atoms with van der Waals surface area (Å²) in [5.41, 5.74) is 4.99. The van der Waals surface area contributed by atoms with E-state index in [9.17, 15) is 4.79 Å². The molecule has 0 aliphatic carbocycles. The molecule has 1 aliphatic rings. The van der Waals surface area contributed by atoms with Gasteiger partial charge >= 0.3 is 0 Å². The molecule has 0 spiro atoms. The van der Waals surface area contributed by atoms with Crippen LogP contribution >= 0.6 is 11.3 Å². The number of carbonyl (C=O) groups is 1. The highest BCUT2D eigenvalue weighted by Gasteiger charge is 2.23. The highest BCUT2D eigenvalue weighted by Crippen LogP contribution is 2.32. The first-order valence-corrected chi connectivity index (χ1v) is 9.70. The number of thiophene rings is 1. The van der Waals surface area contributed by atoms with Gasteiger partial charge in [0.1, 0.15) is 0 Å². The minimum absolute atomic E-state index is 0. The predicted octanol–water partition coefficient (Wildman–Crippen LogP) is 1.51. The van der Waals surface area contributed by atoms with Crippen LogP contribution in [-0.4, -0.2) is 10.8 Å². The predicted molar refractivity (Wildman–Crippen MR) is 106 cm³/mol. The zero-order valence-corrected chi connectivity index (χ0v) is 16.8. The Morgan fingerprint density at radius 3 is 2.48 bits per heavy atom. The van der Waals surface area contributed by atoms with Gasteiger partial charge < -0.3 is 17.7 Å². The summed E-state index contributed by atoms with van der Waals surface area (Å²) in [6, 6.07) is 20.9. The monoisotopic (exact) mass is 397 g/mol. The molecule has 2 aromatic carbocycles. The fourth-order valence-electron chi connectivity index (χ4n) is 3.27. The minimum Gasteiger partial charge on any atom is -1.00 e. The van der Waals surface area contributed by atoms with Gasteiger partial charge in [-0.25, -0.2) is 0 Å². The Morgan fingerprint density at radius 1 is 1.04 bits per heavy atom. The molecule has 0 saturated heterocycles. The van der Waals surface area contributed by atoms with E-state index >= 15 is 0 Å². The first kappa shape index (κ1) is 19.6. The van der Waals surface area contributed by atoms with Crippen molar-refractivity contribution in [1.82, 2.24) is 10.2 Å². The molecular formula is C22H22ClN2OS-. The second-order valence-electron chi connectivity index (χ2n) is 6.86. The molecule has 0 radical (unpaired) electrons. The van der Waals surface area contributed by atoms with Gasteiger partial charge in [0.15, 0.2) is 0 Å². The number of fused-ring (bicyclic) bond motifs is 1. The van der Waals surface area contributed by atoms with Crippen molar-refractivity contribution in [2.45, 2.75) is 33.1 Å². The zero-order chi connectivity index (χ0) is 17.9. The van der Waals surface area contributed by atoms with Crippen molar-refractivity contribution in [3.63, 3.8) is 0 Å². The first-order chi connectivity index (χ1) is 12.7. The summed E-state index contributed by atoms with van der Waals surface area (Å²) in [7, 11) is 0. The number of hydrogen-bond donors (Lipinski definition) is 1. The number of benzene rings is 2. The van der Waals surface area contributed by atoms with Gasteiger partial charge in [-0.05, 0) is 29.7 Å². The molecule has 5 heteroatoms. The van der Waals surface area contributed by atoms with Gasteiger partial charge in [-0.3, -0.25) is 9.69 Å². The molecular weight excluding hydrogens is 376 g/mol. The number of carbonyl (C=O) groups excluding carboxylic acids is 1. The Kier molecular flexibility index (Phi) is 6.32. The van der Waals surface area contributed by atoms with E-state index in [1.807, 2.05) is 6.07 Å². The molecule has 0 bridgehead atoms. The van der Waals surface area contributed by atoms with Gasteiger partial charge in [-0.15, -0.1) is 11.3 Å². The zero-order valence-electron chi connectivity index (χ0n) is 15.2. The summed E-state index contributed by atoms with van der Waals surface area (Å²) in [4.78, 5) is 17.0. The van der Waals surface area contributed by atoms with Crippen LogP contribution in [0.2, 0.25) is 0 Å². The molecule has 3 aromatic rings. The van der Waals surface area contributed by atoms with E-state index in [-0.39, 0.29) is 18.3 Å². The smallest absolute Gasteiger partial charge is 0.261 e. The minimum atomic E-state index is 0. The third-order valence-electron chi connectivity index (χ3n) is 4.70. The van der Waals surface area contributed by atoms with E-state index in [0.717, 1.165) is 30.1 Å². The van der Waals surface area contributed by atoms with E-state index in [1.54, 1.807) is 11.3 Å². The Balaban J connectivity index is 0.00000210. The molecule has 2 heterocycles. The van der Waals surface area contributed by atoms with Crippen molar-refractivity contribution >= 4 is 17.2 Å². The second-order valence-corrected chi connectivity index (χ2v) is 7.99. The fourth-order valence-corrected chi connectivity index (χ4v) is 4.41. The molecule has 3 nitrogen and oxygen atoms in total. The van der Waals surface area contributed by atoms with Gasteiger partial charge in [0.25, 0.3) is 5.91 Å². The van der Waals surface area contributed by atoms with Crippen molar-refractivity contribution in [2.24, 2.45) is 0 Å². The van der Waals surface area contributed by atoms with Crippen molar-refractivity contribution < 1.29 is 17.2 Å². The summed E-state index contributed by atoms with van der Waals surface area (Å²) < 4.78 is 0. The molecule has 140 valence electrons. The number of nitrogens with one attached hydrogen (secondary N) is 1. The second kappa shape index (κ2) is 8.70.